The van der Waals surface area contributed by atoms with Crippen molar-refractivity contribution in [2.24, 2.45) is 5.92 Å². The average Bonchev–Trinajstić information content (AvgIpc) is 3.32. The van der Waals surface area contributed by atoms with Crippen molar-refractivity contribution in [1.82, 2.24) is 19.7 Å². The van der Waals surface area contributed by atoms with Gasteiger partial charge in [-0.25, -0.2) is 4.79 Å². The highest BCUT2D eigenvalue weighted by atomic mass is 16.5. The monoisotopic (exact) mass is 383 g/mol. The molecule has 4 rings (SSSR count). The van der Waals surface area contributed by atoms with Crippen LogP contribution in [0.1, 0.15) is 32.0 Å². The zero-order valence-corrected chi connectivity index (χ0v) is 16.1. The lowest BCUT2D eigenvalue weighted by molar-refractivity contribution is -0.149. The van der Waals surface area contributed by atoms with Crippen LogP contribution in [0.2, 0.25) is 0 Å². The second-order valence-electron chi connectivity index (χ2n) is 7.24. The van der Waals surface area contributed by atoms with Crippen molar-refractivity contribution < 1.29 is 14.3 Å². The molecule has 2 aliphatic heterocycles. The molecule has 3 heterocycles. The normalized spacial score (nSPS) is 18.6. The number of urea groups is 1. The second-order valence-corrected chi connectivity index (χ2v) is 7.24. The minimum Gasteiger partial charge on any atom is -0.466 e. The van der Waals surface area contributed by atoms with Crippen molar-refractivity contribution in [3.8, 4) is 11.4 Å². The maximum atomic E-state index is 12.7. The molecule has 0 bridgehead atoms. The molecule has 148 valence electrons. The number of fused-ring (bicyclic) bond motifs is 1. The number of aryl methyl sites for hydroxylation is 1. The molecule has 1 aromatic carbocycles. The van der Waals surface area contributed by atoms with E-state index in [2.05, 4.69) is 20.1 Å². The quantitative estimate of drug-likeness (QED) is 0.820. The number of piperidine rings is 1. The highest BCUT2D eigenvalue weighted by molar-refractivity contribution is 5.90. The first-order chi connectivity index (χ1) is 13.7. The molecule has 2 aliphatic rings. The van der Waals surface area contributed by atoms with Gasteiger partial charge in [-0.3, -0.25) is 4.79 Å². The van der Waals surface area contributed by atoms with Crippen molar-refractivity contribution >= 4 is 17.7 Å². The Bertz CT molecular complexity index is 878. The number of nitrogens with zero attached hydrogens (tertiary/aromatic N) is 4. The van der Waals surface area contributed by atoms with Gasteiger partial charge in [0.1, 0.15) is 5.82 Å². The molecule has 1 N–H and O–H groups in total. The first-order valence-electron chi connectivity index (χ1n) is 9.90. The Morgan fingerprint density at radius 3 is 3.00 bits per heavy atom. The number of amides is 2. The van der Waals surface area contributed by atoms with Crippen molar-refractivity contribution in [2.75, 3.05) is 25.0 Å². The highest BCUT2D eigenvalue weighted by Gasteiger charge is 2.29. The van der Waals surface area contributed by atoms with Crippen LogP contribution in [0.25, 0.3) is 11.4 Å². The number of carbonyl (C=O) groups is 2. The summed E-state index contributed by atoms with van der Waals surface area (Å²) in [7, 11) is 0. The molecule has 1 aromatic heterocycles. The predicted octanol–water partition coefficient (Wildman–Crippen LogP) is 2.70. The number of hydrogen-bond donors (Lipinski definition) is 1. The lowest BCUT2D eigenvalue weighted by atomic mass is 9.98. The summed E-state index contributed by atoms with van der Waals surface area (Å²) in [6.07, 6.45) is 3.60. The number of nitrogens with one attached hydrogen (secondary N) is 1. The van der Waals surface area contributed by atoms with Gasteiger partial charge in [0.05, 0.1) is 12.5 Å². The van der Waals surface area contributed by atoms with Crippen LogP contribution in [-0.4, -0.2) is 51.4 Å². The fraction of sp³-hybridized carbons (Fsp3) is 0.500. The van der Waals surface area contributed by atoms with Gasteiger partial charge >= 0.3 is 12.0 Å². The van der Waals surface area contributed by atoms with Crippen LogP contribution in [0.5, 0.6) is 0 Å². The molecule has 1 fully saturated rings. The number of rotatable bonds is 4. The Kier molecular flexibility index (Phi) is 5.27. The summed E-state index contributed by atoms with van der Waals surface area (Å²) < 4.78 is 7.24. The van der Waals surface area contributed by atoms with Crippen LogP contribution in [0.4, 0.5) is 10.5 Å². The maximum Gasteiger partial charge on any atom is 0.321 e. The zero-order valence-electron chi connectivity index (χ0n) is 16.1. The van der Waals surface area contributed by atoms with Gasteiger partial charge in [0.2, 0.25) is 0 Å². The molecule has 0 radical (unpaired) electrons. The van der Waals surface area contributed by atoms with Gasteiger partial charge in [0.25, 0.3) is 0 Å². The number of benzene rings is 1. The smallest absolute Gasteiger partial charge is 0.321 e. The van der Waals surface area contributed by atoms with E-state index in [0.717, 1.165) is 49.4 Å². The molecule has 8 nitrogen and oxygen atoms in total. The van der Waals surface area contributed by atoms with Gasteiger partial charge in [0.15, 0.2) is 5.82 Å². The Labute approximate surface area is 163 Å². The summed E-state index contributed by atoms with van der Waals surface area (Å²) in [6.45, 7) is 4.11. The Hall–Kier alpha value is -2.90. The maximum absolute atomic E-state index is 12.7. The first kappa shape index (κ1) is 18.5. The molecule has 0 aliphatic carbocycles. The van der Waals surface area contributed by atoms with Gasteiger partial charge in [0, 0.05) is 37.3 Å². The van der Waals surface area contributed by atoms with E-state index in [1.165, 1.54) is 0 Å². The molecule has 0 spiro atoms. The van der Waals surface area contributed by atoms with E-state index in [9.17, 15) is 9.59 Å². The van der Waals surface area contributed by atoms with E-state index in [1.807, 2.05) is 24.3 Å². The van der Waals surface area contributed by atoms with Gasteiger partial charge < -0.3 is 19.5 Å². The molecule has 8 heteroatoms. The minimum absolute atomic E-state index is 0.197. The Morgan fingerprint density at radius 2 is 2.14 bits per heavy atom. The average molecular weight is 383 g/mol. The molecule has 2 amide bonds. The molecule has 0 unspecified atom stereocenters. The van der Waals surface area contributed by atoms with E-state index in [-0.39, 0.29) is 17.9 Å². The third kappa shape index (κ3) is 3.72. The summed E-state index contributed by atoms with van der Waals surface area (Å²) in [5.41, 5.74) is 1.64. The van der Waals surface area contributed by atoms with Crippen LogP contribution in [-0.2, 0) is 22.5 Å². The van der Waals surface area contributed by atoms with Crippen LogP contribution in [0.3, 0.4) is 0 Å². The number of esters is 1. The summed E-state index contributed by atoms with van der Waals surface area (Å²) in [5, 5.41) is 11.5. The van der Waals surface area contributed by atoms with E-state index >= 15 is 0 Å². The Morgan fingerprint density at radius 1 is 1.25 bits per heavy atom. The zero-order chi connectivity index (χ0) is 19.5. The number of anilines is 1. The first-order valence-corrected chi connectivity index (χ1v) is 9.90. The number of hydrogen-bond acceptors (Lipinski definition) is 5. The Balaban J connectivity index is 1.44. The molecule has 2 aromatic rings. The van der Waals surface area contributed by atoms with Gasteiger partial charge in [-0.1, -0.05) is 12.1 Å². The molecule has 0 saturated carbocycles. The van der Waals surface area contributed by atoms with E-state index < -0.39 is 0 Å². The lowest BCUT2D eigenvalue weighted by Gasteiger charge is -2.31. The van der Waals surface area contributed by atoms with Crippen LogP contribution >= 0.6 is 0 Å². The largest absolute Gasteiger partial charge is 0.466 e. The fourth-order valence-corrected chi connectivity index (χ4v) is 3.92. The summed E-state index contributed by atoms with van der Waals surface area (Å²) in [6, 6.07) is 7.45. The summed E-state index contributed by atoms with van der Waals surface area (Å²) in [5.74, 6) is 1.39. The lowest BCUT2D eigenvalue weighted by Crippen LogP contribution is -2.44. The van der Waals surface area contributed by atoms with E-state index in [4.69, 9.17) is 4.74 Å². The summed E-state index contributed by atoms with van der Waals surface area (Å²) in [4.78, 5) is 26.4. The number of ether oxygens (including phenoxy) is 1. The van der Waals surface area contributed by atoms with Crippen molar-refractivity contribution in [2.45, 2.75) is 39.2 Å². The van der Waals surface area contributed by atoms with Crippen LogP contribution in [0, 0.1) is 5.92 Å². The van der Waals surface area contributed by atoms with Crippen LogP contribution < -0.4 is 5.32 Å². The third-order valence-corrected chi connectivity index (χ3v) is 5.31. The molecule has 1 atom stereocenters. The number of likely N-dealkylation sites (tertiary alicyclic amines) is 1. The number of carbonyl (C=O) groups excluding carboxylic acids is 2. The van der Waals surface area contributed by atoms with E-state index in [1.54, 1.807) is 11.8 Å². The minimum atomic E-state index is -0.246. The molecule has 28 heavy (non-hydrogen) atoms. The third-order valence-electron chi connectivity index (χ3n) is 5.31. The topological polar surface area (TPSA) is 89.3 Å². The molecule has 1 saturated heterocycles. The van der Waals surface area contributed by atoms with Gasteiger partial charge in [-0.05, 0) is 38.3 Å². The van der Waals surface area contributed by atoms with Gasteiger partial charge in [-0.2, -0.15) is 0 Å². The highest BCUT2D eigenvalue weighted by Crippen LogP contribution is 2.26. The molecular weight excluding hydrogens is 358 g/mol. The van der Waals surface area contributed by atoms with Crippen molar-refractivity contribution in [1.29, 1.82) is 0 Å². The van der Waals surface area contributed by atoms with Crippen molar-refractivity contribution in [3.63, 3.8) is 0 Å². The van der Waals surface area contributed by atoms with Crippen LogP contribution in [0.15, 0.2) is 24.3 Å². The standard InChI is InChI=1S/C20H25N5O3/c1-2-28-19(26)15-7-4-10-24(13-15)20(27)21-16-8-3-6-14(12-16)18-23-22-17-9-5-11-25(17)18/h3,6,8,12,15H,2,4-5,7,9-11,13H2,1H3,(H,21,27)/t15-/m1/s1. The summed E-state index contributed by atoms with van der Waals surface area (Å²) >= 11 is 0. The van der Waals surface area contributed by atoms with E-state index in [0.29, 0.717) is 25.4 Å². The predicted molar refractivity (Wildman–Crippen MR) is 104 cm³/mol. The fourth-order valence-electron chi connectivity index (χ4n) is 3.92. The van der Waals surface area contributed by atoms with Gasteiger partial charge in [-0.15, -0.1) is 10.2 Å². The molecular formula is C20H25N5O3. The van der Waals surface area contributed by atoms with Crippen molar-refractivity contribution in [3.05, 3.63) is 30.1 Å². The second kappa shape index (κ2) is 8.00. The number of aromatic nitrogens is 3. The SMILES string of the molecule is CCOC(=O)[C@@H]1CCCN(C(=O)Nc2cccc(-c3nnc4n3CCC4)c2)C1.